The Bertz CT molecular complexity index is 659. The Morgan fingerprint density at radius 1 is 1.00 bits per heavy atom. The van der Waals surface area contributed by atoms with Gasteiger partial charge in [-0.1, -0.05) is 65.3 Å². The van der Waals surface area contributed by atoms with Crippen molar-refractivity contribution >= 4 is 0 Å². The van der Waals surface area contributed by atoms with Crippen molar-refractivity contribution in [2.45, 2.75) is 99.0 Å². The third kappa shape index (κ3) is 3.58. The second-order valence-electron chi connectivity index (χ2n) is 12.4. The predicted octanol–water partition coefficient (Wildman–Crippen LogP) is 7.38. The van der Waals surface area contributed by atoms with E-state index in [1.54, 1.807) is 0 Å². The first-order valence-electron chi connectivity index (χ1n) is 12.8. The lowest BCUT2D eigenvalue weighted by molar-refractivity contribution is -0.0486. The van der Waals surface area contributed by atoms with Crippen LogP contribution in [0.25, 0.3) is 0 Å². The molecule has 2 N–H and O–H groups in total. The molecule has 0 spiro atoms. The number of hydrogen-bond acceptors (Lipinski definition) is 1. The third-order valence-electron chi connectivity index (χ3n) is 10.5. The second-order valence-corrected chi connectivity index (χ2v) is 12.4. The maximum atomic E-state index is 6.31. The molecule has 0 heterocycles. The molecule has 4 aliphatic carbocycles. The Hall–Kier alpha value is -0.560. The average Bonchev–Trinajstić information content (AvgIpc) is 3.03. The fourth-order valence-electron chi connectivity index (χ4n) is 8.41. The molecule has 1 heteroatoms. The third-order valence-corrected chi connectivity index (χ3v) is 10.5. The summed E-state index contributed by atoms with van der Waals surface area (Å²) in [6.45, 7) is 14.7. The topological polar surface area (TPSA) is 26.0 Å². The molecule has 9 unspecified atom stereocenters. The highest BCUT2D eigenvalue weighted by atomic mass is 14.6. The van der Waals surface area contributed by atoms with E-state index in [0.717, 1.165) is 29.6 Å². The van der Waals surface area contributed by atoms with E-state index in [2.05, 4.69) is 59.8 Å². The van der Waals surface area contributed by atoms with Crippen molar-refractivity contribution in [1.82, 2.24) is 0 Å². The Kier molecular flexibility index (Phi) is 5.86. The lowest BCUT2D eigenvalue weighted by Crippen LogP contribution is -2.50. The highest BCUT2D eigenvalue weighted by Gasteiger charge is 2.58. The monoisotopic (exact) mass is 397 g/mol. The number of hydrogen-bond donors (Lipinski definition) is 1. The van der Waals surface area contributed by atoms with Gasteiger partial charge in [0.05, 0.1) is 0 Å². The van der Waals surface area contributed by atoms with Gasteiger partial charge in [0.2, 0.25) is 0 Å². The lowest BCUT2D eigenvalue weighted by Gasteiger charge is -2.58. The molecule has 0 aromatic heterocycles. The fraction of sp³-hybridized carbons (Fsp3) is 0.857. The standard InChI is InChI=1S/C28H47N/c1-18(2)26(29)12-7-20(4)23-10-11-24-22-9-8-21-17-19(3)13-15-27(21,5)25(22)14-16-28(23,24)6/h7-8,12,18-20,22-26H,9-11,13-17,29H2,1-6H3/b12-7+. The summed E-state index contributed by atoms with van der Waals surface area (Å²) in [7, 11) is 0. The molecule has 0 bridgehead atoms. The van der Waals surface area contributed by atoms with E-state index in [1.165, 1.54) is 51.4 Å². The molecule has 0 amide bonds. The molecule has 164 valence electrons. The van der Waals surface area contributed by atoms with Crippen molar-refractivity contribution in [2.24, 2.45) is 58.0 Å². The number of nitrogens with two attached hydrogens (primary N) is 1. The first-order valence-corrected chi connectivity index (χ1v) is 12.8. The van der Waals surface area contributed by atoms with E-state index < -0.39 is 0 Å². The van der Waals surface area contributed by atoms with E-state index in [-0.39, 0.29) is 6.04 Å². The summed E-state index contributed by atoms with van der Waals surface area (Å²) in [6.07, 6.45) is 19.0. The van der Waals surface area contributed by atoms with E-state index in [0.29, 0.717) is 22.7 Å². The lowest BCUT2D eigenvalue weighted by atomic mass is 9.46. The van der Waals surface area contributed by atoms with E-state index in [4.69, 9.17) is 5.73 Å². The van der Waals surface area contributed by atoms with Crippen LogP contribution in [0.1, 0.15) is 92.9 Å². The Morgan fingerprint density at radius 2 is 1.76 bits per heavy atom. The van der Waals surface area contributed by atoms with Crippen molar-refractivity contribution in [3.63, 3.8) is 0 Å². The van der Waals surface area contributed by atoms with Crippen LogP contribution in [-0.2, 0) is 0 Å². The van der Waals surface area contributed by atoms with Crippen molar-refractivity contribution in [3.8, 4) is 0 Å². The van der Waals surface area contributed by atoms with E-state index in [9.17, 15) is 0 Å². The molecule has 4 rings (SSSR count). The van der Waals surface area contributed by atoms with Crippen LogP contribution >= 0.6 is 0 Å². The number of fused-ring (bicyclic) bond motifs is 5. The van der Waals surface area contributed by atoms with Crippen LogP contribution in [-0.4, -0.2) is 6.04 Å². The van der Waals surface area contributed by atoms with Crippen molar-refractivity contribution in [2.75, 3.05) is 0 Å². The Labute approximate surface area is 181 Å². The van der Waals surface area contributed by atoms with Crippen LogP contribution in [0.2, 0.25) is 0 Å². The van der Waals surface area contributed by atoms with Gasteiger partial charge in [-0.15, -0.1) is 0 Å². The van der Waals surface area contributed by atoms with Gasteiger partial charge in [-0.2, -0.15) is 0 Å². The normalized spacial score (nSPS) is 46.8. The maximum absolute atomic E-state index is 6.31. The summed E-state index contributed by atoms with van der Waals surface area (Å²) in [5, 5.41) is 0. The minimum absolute atomic E-state index is 0.203. The van der Waals surface area contributed by atoms with Crippen molar-refractivity contribution in [1.29, 1.82) is 0 Å². The quantitative estimate of drug-likeness (QED) is 0.492. The highest BCUT2D eigenvalue weighted by molar-refractivity contribution is 5.25. The van der Waals surface area contributed by atoms with Crippen LogP contribution in [0.15, 0.2) is 23.8 Å². The first-order chi connectivity index (χ1) is 13.7. The van der Waals surface area contributed by atoms with Gasteiger partial charge < -0.3 is 5.73 Å². The van der Waals surface area contributed by atoms with Gasteiger partial charge in [0.1, 0.15) is 0 Å². The molecule has 0 radical (unpaired) electrons. The zero-order chi connectivity index (χ0) is 21.0. The zero-order valence-corrected chi connectivity index (χ0v) is 20.1. The van der Waals surface area contributed by atoms with Gasteiger partial charge in [-0.05, 0) is 104 Å². The maximum Gasteiger partial charge on any atom is 0.0247 e. The molecule has 0 aliphatic heterocycles. The molecular formula is C28H47N. The molecule has 29 heavy (non-hydrogen) atoms. The Balaban J connectivity index is 1.53. The summed E-state index contributed by atoms with van der Waals surface area (Å²) >= 11 is 0. The van der Waals surface area contributed by atoms with Gasteiger partial charge in [0, 0.05) is 6.04 Å². The van der Waals surface area contributed by atoms with Crippen LogP contribution in [0.4, 0.5) is 0 Å². The van der Waals surface area contributed by atoms with Crippen LogP contribution in [0, 0.1) is 52.3 Å². The van der Waals surface area contributed by atoms with Gasteiger partial charge in [-0.25, -0.2) is 0 Å². The Morgan fingerprint density at radius 3 is 2.48 bits per heavy atom. The van der Waals surface area contributed by atoms with Crippen LogP contribution < -0.4 is 5.73 Å². The van der Waals surface area contributed by atoms with Crippen LogP contribution in [0.3, 0.4) is 0 Å². The van der Waals surface area contributed by atoms with Gasteiger partial charge >= 0.3 is 0 Å². The molecule has 0 aromatic rings. The minimum Gasteiger partial charge on any atom is -0.324 e. The molecule has 0 saturated heterocycles. The predicted molar refractivity (Wildman–Crippen MR) is 125 cm³/mol. The summed E-state index contributed by atoms with van der Waals surface area (Å²) in [6, 6.07) is 0.203. The number of rotatable bonds is 4. The fourth-order valence-corrected chi connectivity index (χ4v) is 8.41. The van der Waals surface area contributed by atoms with Gasteiger partial charge in [-0.3, -0.25) is 0 Å². The molecular weight excluding hydrogens is 350 g/mol. The molecule has 0 aromatic carbocycles. The molecule has 9 atom stereocenters. The van der Waals surface area contributed by atoms with Crippen molar-refractivity contribution < 1.29 is 0 Å². The average molecular weight is 398 g/mol. The zero-order valence-electron chi connectivity index (χ0n) is 20.1. The molecule has 3 fully saturated rings. The summed E-state index contributed by atoms with van der Waals surface area (Å²) in [5.74, 6) is 5.76. The van der Waals surface area contributed by atoms with E-state index >= 15 is 0 Å². The molecule has 4 aliphatic rings. The first kappa shape index (κ1) is 21.7. The SMILES string of the molecule is CC1CCC2(C)C(=CCC3C2CCC2(C)C(C(C)/C=C/C(N)C(C)C)CCC32)C1. The second kappa shape index (κ2) is 7.85. The van der Waals surface area contributed by atoms with Gasteiger partial charge in [0.15, 0.2) is 0 Å². The summed E-state index contributed by atoms with van der Waals surface area (Å²) < 4.78 is 0. The number of allylic oxidation sites excluding steroid dienone is 3. The minimum atomic E-state index is 0.203. The molecule has 1 nitrogen and oxygen atoms in total. The summed E-state index contributed by atoms with van der Waals surface area (Å²) in [5.41, 5.74) is 9.21. The smallest absolute Gasteiger partial charge is 0.0247 e. The largest absolute Gasteiger partial charge is 0.324 e. The summed E-state index contributed by atoms with van der Waals surface area (Å²) in [4.78, 5) is 0. The highest BCUT2D eigenvalue weighted by Crippen LogP contribution is 2.67. The van der Waals surface area contributed by atoms with Crippen LogP contribution in [0.5, 0.6) is 0 Å². The molecule has 3 saturated carbocycles. The van der Waals surface area contributed by atoms with Gasteiger partial charge in [0.25, 0.3) is 0 Å². The van der Waals surface area contributed by atoms with Crippen molar-refractivity contribution in [3.05, 3.63) is 23.8 Å². The van der Waals surface area contributed by atoms with E-state index in [1.807, 2.05) is 5.57 Å².